The number of halogens is 5. The van der Waals surface area contributed by atoms with Crippen molar-refractivity contribution >= 4 is 97.4 Å². The van der Waals surface area contributed by atoms with E-state index in [0.717, 1.165) is 154 Å². The number of para-hydroxylation sites is 1. The molecule has 3 atom stereocenters. The van der Waals surface area contributed by atoms with Crippen LogP contribution in [0.15, 0.2) is 232 Å². The Morgan fingerprint density at radius 1 is 0.402 bits per heavy atom. The zero-order valence-electron chi connectivity index (χ0n) is 63.6. The summed E-state index contributed by atoms with van der Waals surface area (Å²) in [6, 6.07) is 61.3. The van der Waals surface area contributed by atoms with Crippen LogP contribution in [0.3, 0.4) is 0 Å². The first-order valence-electron chi connectivity index (χ1n) is 38.8. The van der Waals surface area contributed by atoms with Crippen molar-refractivity contribution in [3.05, 3.63) is 308 Å². The predicted octanol–water partition coefficient (Wildman–Crippen LogP) is 18.9. The van der Waals surface area contributed by atoms with Gasteiger partial charge in [0.05, 0.1) is 33.0 Å². The van der Waals surface area contributed by atoms with Crippen LogP contribution < -0.4 is 28.4 Å². The number of nitrogens with one attached hydrogen (secondary N) is 3. The van der Waals surface area contributed by atoms with Crippen LogP contribution in [0, 0.1) is 5.82 Å². The molecule has 117 heavy (non-hydrogen) atoms. The van der Waals surface area contributed by atoms with Gasteiger partial charge in [0.2, 0.25) is 0 Å². The fourth-order valence-electron chi connectivity index (χ4n) is 15.5. The summed E-state index contributed by atoms with van der Waals surface area (Å²) in [4.78, 5) is 66.5. The second-order valence-corrected chi connectivity index (χ2v) is 30.3. The zero-order chi connectivity index (χ0) is 80.1. The molecule has 9 heterocycles. The molecule has 0 spiro atoms. The van der Waals surface area contributed by atoms with Crippen molar-refractivity contribution in [2.75, 3.05) is 72.3 Å². The highest BCUT2D eigenvalue weighted by Gasteiger charge is 2.39. The Morgan fingerprint density at radius 2 is 0.744 bits per heavy atom. The van der Waals surface area contributed by atoms with Crippen LogP contribution in [0.25, 0.3) is 32.7 Å². The quantitative estimate of drug-likeness (QED) is 0.0567. The number of morpholine rings is 1. The standard InChI is InChI=1S/C31H31Cl2N3O4.C29H25ClFN5O3.C29H26ClN5O3/c32-22-4-9-25(10-5-22)40-31(37)36-14-12-26-27-20-23(33)6-11-28(27)34-29(26)30(36)21-2-7-24(8-3-21)39-17-1-13-35-15-18-38-19-16-35;30-20-4-11-26-25(16-20)24-12-14-36(29(37)39-23-9-5-21(31)6-10-23)28(27(24)34-26)19-2-7-22(8-3-19)38-15-1-13-35-18-32-17-33-35;30-21-9-12-26-25(17-21)24-13-15-35(29(36)38-23-5-2-1-3-6-23)28(27(24)33-26)20-7-10-22(11-8-20)37-16-4-14-34-19-31-18-32-34/h2-11,20,30,34H,1,12-19H2;2-11,16-18,28,34H,1,12-15H2;1-3,5-12,17-19,28,33H,4,13-16H2. The molecule has 1 fully saturated rings. The van der Waals surface area contributed by atoms with Gasteiger partial charge in [-0.1, -0.05) is 101 Å². The highest BCUT2D eigenvalue weighted by Crippen LogP contribution is 2.44. The number of carbonyl (C=O) groups excluding carboxylic acids is 3. The Kier molecular flexibility index (Phi) is 24.9. The summed E-state index contributed by atoms with van der Waals surface area (Å²) < 4.78 is 57.4. The first-order valence-corrected chi connectivity index (χ1v) is 40.3. The lowest BCUT2D eigenvalue weighted by atomic mass is 9.92. The van der Waals surface area contributed by atoms with Gasteiger partial charge in [0.25, 0.3) is 0 Å². The zero-order valence-corrected chi connectivity index (χ0v) is 66.6. The van der Waals surface area contributed by atoms with Crippen LogP contribution in [0.2, 0.25) is 20.1 Å². The summed E-state index contributed by atoms with van der Waals surface area (Å²) in [6.45, 7) is 9.24. The number of carbonyl (C=O) groups is 3. The normalized spacial score (nSPS) is 15.8. The smallest absolute Gasteiger partial charge is 0.416 e. The maximum absolute atomic E-state index is 13.5. The lowest BCUT2D eigenvalue weighted by molar-refractivity contribution is 0.0358. The molecule has 0 radical (unpaired) electrons. The number of benzene rings is 9. The largest absolute Gasteiger partial charge is 0.494 e. The number of rotatable bonds is 21. The van der Waals surface area contributed by atoms with Crippen LogP contribution in [-0.2, 0) is 37.1 Å². The fourth-order valence-corrected chi connectivity index (χ4v) is 16.1. The lowest BCUT2D eigenvalue weighted by Crippen LogP contribution is -2.42. The van der Waals surface area contributed by atoms with Crippen LogP contribution >= 0.6 is 46.4 Å². The molecule has 4 aliphatic heterocycles. The van der Waals surface area contributed by atoms with Gasteiger partial charge in [-0.25, -0.2) is 28.7 Å². The van der Waals surface area contributed by atoms with E-state index in [9.17, 15) is 18.8 Å². The topological polar surface area (TPSA) is 238 Å². The van der Waals surface area contributed by atoms with Crippen LogP contribution in [0.5, 0.6) is 34.5 Å². The van der Waals surface area contributed by atoms with Crippen LogP contribution in [0.1, 0.15) is 87.9 Å². The highest BCUT2D eigenvalue weighted by atomic mass is 35.5. The van der Waals surface area contributed by atoms with Crippen molar-refractivity contribution < 1.29 is 51.9 Å². The van der Waals surface area contributed by atoms with E-state index < -0.39 is 30.1 Å². The number of hydrogen-bond donors (Lipinski definition) is 3. The van der Waals surface area contributed by atoms with E-state index in [-0.39, 0.29) is 17.8 Å². The number of hydrogen-bond acceptors (Lipinski definition) is 15. The molecule has 18 rings (SSSR count). The molecule has 14 aromatic rings. The van der Waals surface area contributed by atoms with E-state index in [2.05, 4.69) is 40.0 Å². The molecule has 1 saturated heterocycles. The molecule has 598 valence electrons. The predicted molar refractivity (Wildman–Crippen MR) is 446 cm³/mol. The average molecular weight is 1650 g/mol. The molecule has 0 aliphatic carbocycles. The first-order chi connectivity index (χ1) is 57.2. The van der Waals surface area contributed by atoms with Crippen molar-refractivity contribution in [2.45, 2.75) is 69.7 Å². The Labute approximate surface area is 693 Å². The third kappa shape index (κ3) is 19.0. The summed E-state index contributed by atoms with van der Waals surface area (Å²) in [5.74, 6) is 3.16. The third-order valence-electron chi connectivity index (χ3n) is 21.1. The van der Waals surface area contributed by atoms with E-state index >= 15 is 0 Å². The Morgan fingerprint density at radius 3 is 1.11 bits per heavy atom. The minimum atomic E-state index is -0.512. The van der Waals surface area contributed by atoms with Crippen LogP contribution in [-0.4, -0.2) is 155 Å². The van der Waals surface area contributed by atoms with E-state index in [0.29, 0.717) is 90.3 Å². The average Bonchev–Trinajstić information content (AvgIpc) is 1.62. The van der Waals surface area contributed by atoms with Gasteiger partial charge in [0, 0.05) is 135 Å². The molecule has 0 bridgehead atoms. The Bertz CT molecular complexity index is 5700. The lowest BCUT2D eigenvalue weighted by Gasteiger charge is -2.35. The Hall–Kier alpha value is -11.9. The van der Waals surface area contributed by atoms with Crippen molar-refractivity contribution in [1.82, 2.24) is 64.1 Å². The van der Waals surface area contributed by atoms with Gasteiger partial charge in [-0.15, -0.1) is 0 Å². The van der Waals surface area contributed by atoms with E-state index in [1.807, 2.05) is 146 Å². The second kappa shape index (κ2) is 36.9. The summed E-state index contributed by atoms with van der Waals surface area (Å²) in [5.41, 5.74) is 12.1. The van der Waals surface area contributed by atoms with E-state index in [1.165, 1.54) is 48.0 Å². The summed E-state index contributed by atoms with van der Waals surface area (Å²) in [7, 11) is 0. The summed E-state index contributed by atoms with van der Waals surface area (Å²) >= 11 is 25.0. The molecule has 4 aliphatic rings. The first kappa shape index (κ1) is 79.0. The number of ether oxygens (including phenoxy) is 7. The van der Waals surface area contributed by atoms with Gasteiger partial charge in [-0.3, -0.25) is 29.0 Å². The van der Waals surface area contributed by atoms with Gasteiger partial charge < -0.3 is 48.1 Å². The SMILES string of the molecule is O=C(Oc1ccc(Cl)cc1)N1CCc2c([nH]c3ccc(Cl)cc23)C1c1ccc(OCCCN2CCOCC2)cc1.O=C(Oc1ccc(F)cc1)N1CCc2c([nH]c3ccc(Cl)cc23)C1c1ccc(OCCCn2cncn2)cc1.O=C(Oc1ccccc1)N1CCc2c([nH]c3ccc(Cl)cc23)C1c1ccc(OCCCn2cncn2)cc1. The van der Waals surface area contributed by atoms with Gasteiger partial charge in [-0.2, -0.15) is 10.2 Å². The minimum Gasteiger partial charge on any atom is -0.494 e. The van der Waals surface area contributed by atoms with Crippen molar-refractivity contribution in [3.8, 4) is 34.5 Å². The second-order valence-electron chi connectivity index (χ2n) is 28.6. The van der Waals surface area contributed by atoms with E-state index in [4.69, 9.17) is 79.6 Å². The number of fused-ring (bicyclic) bond motifs is 9. The molecular formula is C89H82Cl4FN13O10. The molecular weight excluding hydrogens is 1570 g/mol. The molecule has 9 aromatic carbocycles. The van der Waals surface area contributed by atoms with Gasteiger partial charge in [0.15, 0.2) is 0 Å². The third-order valence-corrected chi connectivity index (χ3v) is 22.0. The molecule has 3 N–H and O–H groups in total. The van der Waals surface area contributed by atoms with Crippen molar-refractivity contribution in [3.63, 3.8) is 0 Å². The monoisotopic (exact) mass is 1650 g/mol. The molecule has 0 saturated carbocycles. The maximum Gasteiger partial charge on any atom is 0.416 e. The Balaban J connectivity index is 0.000000131. The number of aromatic nitrogens is 9. The van der Waals surface area contributed by atoms with Crippen molar-refractivity contribution in [1.29, 1.82) is 0 Å². The maximum atomic E-state index is 13.5. The van der Waals surface area contributed by atoms with Gasteiger partial charge in [0.1, 0.15) is 83.7 Å². The summed E-state index contributed by atoms with van der Waals surface area (Å²) in [6.07, 6.45) is 9.66. The number of nitrogens with zero attached hydrogens (tertiary/aromatic N) is 10. The molecule has 23 nitrogen and oxygen atoms in total. The molecule has 5 aromatic heterocycles. The fraction of sp³-hybridized carbons (Fsp3) is 0.247. The molecule has 3 unspecified atom stereocenters. The van der Waals surface area contributed by atoms with Crippen LogP contribution in [0.4, 0.5) is 18.8 Å². The van der Waals surface area contributed by atoms with E-state index in [1.54, 1.807) is 73.1 Å². The molecule has 28 heteroatoms. The number of amides is 3. The van der Waals surface area contributed by atoms with Crippen molar-refractivity contribution in [2.24, 2.45) is 0 Å². The van der Waals surface area contributed by atoms with Gasteiger partial charge in [-0.05, 0) is 211 Å². The number of H-pyrrole nitrogens is 3. The molecule has 3 amide bonds. The summed E-state index contributed by atoms with van der Waals surface area (Å²) in [5, 5.41) is 14.0. The van der Waals surface area contributed by atoms with Gasteiger partial charge >= 0.3 is 18.3 Å². The number of aryl methyl sites for hydroxylation is 2. The highest BCUT2D eigenvalue weighted by molar-refractivity contribution is 6.32. The number of aromatic amines is 3. The minimum absolute atomic E-state index is 0.281.